The zero-order chi connectivity index (χ0) is 8.27. The summed E-state index contributed by atoms with van der Waals surface area (Å²) in [6.07, 6.45) is 3.34. The highest BCUT2D eigenvalue weighted by molar-refractivity contribution is 5.73. The third kappa shape index (κ3) is 2.05. The Hall–Kier alpha value is -1.36. The Balaban J connectivity index is 2.50. The van der Waals surface area contributed by atoms with Gasteiger partial charge in [0, 0.05) is 18.3 Å². The van der Waals surface area contributed by atoms with Crippen LogP contribution in [-0.2, 0) is 11.2 Å². The molecule has 5 heteroatoms. The average Bonchev–Trinajstić information content (AvgIpc) is 2.39. The van der Waals surface area contributed by atoms with Crippen LogP contribution in [0, 0.1) is 0 Å². The summed E-state index contributed by atoms with van der Waals surface area (Å²) in [5.41, 5.74) is 6.00. The van der Waals surface area contributed by atoms with Crippen molar-refractivity contribution < 1.29 is 9.90 Å². The van der Waals surface area contributed by atoms with Gasteiger partial charge in [0.1, 0.15) is 6.04 Å². The number of carboxylic acids is 1. The van der Waals surface area contributed by atoms with Crippen LogP contribution in [0.2, 0.25) is 0 Å². The van der Waals surface area contributed by atoms with Gasteiger partial charge >= 0.3 is 5.97 Å². The standard InChI is InChI=1S/C6H9N3O2/c7-5(6(10)11)1-4-2-8-3-9-4/h2-3,5H,1,7H2,(H,8,9)(H,10,11)/t5-/m0/s1/i6+2. The summed E-state index contributed by atoms with van der Waals surface area (Å²) in [5, 5.41) is 8.42. The van der Waals surface area contributed by atoms with Gasteiger partial charge in [0.05, 0.1) is 6.33 Å². The van der Waals surface area contributed by atoms with E-state index < -0.39 is 12.0 Å². The molecule has 60 valence electrons. The van der Waals surface area contributed by atoms with Crippen molar-refractivity contribution in [2.24, 2.45) is 5.73 Å². The van der Waals surface area contributed by atoms with Gasteiger partial charge in [0.2, 0.25) is 0 Å². The molecular weight excluding hydrogens is 148 g/mol. The lowest BCUT2D eigenvalue weighted by atomic mass is 10.3. The van der Waals surface area contributed by atoms with E-state index in [9.17, 15) is 4.79 Å². The number of imidazole rings is 1. The molecule has 0 fully saturated rings. The maximum atomic E-state index is 10.3. The minimum absolute atomic E-state index is 0.287. The number of carbonyl (C=O) groups is 1. The predicted octanol–water partition coefficient (Wildman–Crippen LogP) is -0.636. The molecule has 0 aliphatic heterocycles. The van der Waals surface area contributed by atoms with E-state index in [1.165, 1.54) is 6.33 Å². The largest absolute Gasteiger partial charge is 0.480 e. The third-order valence-corrected chi connectivity index (χ3v) is 1.31. The highest BCUT2D eigenvalue weighted by Gasteiger charge is 2.11. The number of aromatic nitrogens is 2. The molecule has 5 nitrogen and oxygen atoms in total. The van der Waals surface area contributed by atoms with Crippen molar-refractivity contribution in [3.8, 4) is 0 Å². The molecule has 0 saturated heterocycles. The molecule has 1 rings (SSSR count). The first-order valence-corrected chi connectivity index (χ1v) is 3.16. The van der Waals surface area contributed by atoms with Gasteiger partial charge < -0.3 is 15.8 Å². The van der Waals surface area contributed by atoms with E-state index in [2.05, 4.69) is 9.97 Å². The van der Waals surface area contributed by atoms with Crippen LogP contribution >= 0.6 is 0 Å². The average molecular weight is 157 g/mol. The third-order valence-electron chi connectivity index (χ3n) is 1.31. The van der Waals surface area contributed by atoms with Gasteiger partial charge in [-0.1, -0.05) is 0 Å². The number of hydrogen-bond acceptors (Lipinski definition) is 3. The lowest BCUT2D eigenvalue weighted by Gasteiger charge is -2.02. The molecule has 0 aliphatic rings. The fourth-order valence-electron chi connectivity index (χ4n) is 0.721. The Morgan fingerprint density at radius 3 is 3.09 bits per heavy atom. The SMILES string of the molecule is N[C@@H](Cc1cnc[nH]1)[14C](=O)O. The van der Waals surface area contributed by atoms with Crippen LogP contribution in [0.1, 0.15) is 5.69 Å². The van der Waals surface area contributed by atoms with E-state index in [1.807, 2.05) is 0 Å². The Bertz CT molecular complexity index is 232. The van der Waals surface area contributed by atoms with Gasteiger partial charge in [0.25, 0.3) is 0 Å². The Kier molecular flexibility index (Phi) is 2.22. The van der Waals surface area contributed by atoms with Crippen LogP contribution in [0.5, 0.6) is 0 Å². The lowest BCUT2D eigenvalue weighted by molar-refractivity contribution is -0.138. The minimum atomic E-state index is -1.00. The van der Waals surface area contributed by atoms with Gasteiger partial charge in [-0.15, -0.1) is 0 Å². The first kappa shape index (κ1) is 7.74. The highest BCUT2D eigenvalue weighted by atomic mass is 16.6. The molecule has 0 bridgehead atoms. The maximum absolute atomic E-state index is 10.3. The van der Waals surface area contributed by atoms with Gasteiger partial charge in [-0.05, 0) is 0 Å². The van der Waals surface area contributed by atoms with Crippen LogP contribution in [0.4, 0.5) is 0 Å². The summed E-state index contributed by atoms with van der Waals surface area (Å²) in [4.78, 5) is 16.8. The van der Waals surface area contributed by atoms with Gasteiger partial charge in [0.15, 0.2) is 0 Å². The number of aromatic amines is 1. The molecule has 0 aliphatic carbocycles. The van der Waals surface area contributed by atoms with E-state index in [1.54, 1.807) is 6.20 Å². The number of rotatable bonds is 3. The fourth-order valence-corrected chi connectivity index (χ4v) is 0.721. The monoisotopic (exact) mass is 157 g/mol. The predicted molar refractivity (Wildman–Crippen MR) is 37.9 cm³/mol. The highest BCUT2D eigenvalue weighted by Crippen LogP contribution is 1.95. The first-order chi connectivity index (χ1) is 5.20. The van der Waals surface area contributed by atoms with Crippen LogP contribution in [-0.4, -0.2) is 27.1 Å². The summed E-state index contributed by atoms with van der Waals surface area (Å²) in [6, 6.07) is -0.851. The Morgan fingerprint density at radius 1 is 1.91 bits per heavy atom. The minimum Gasteiger partial charge on any atom is -0.480 e. The van der Waals surface area contributed by atoms with E-state index in [0.717, 1.165) is 5.69 Å². The molecule has 0 radical (unpaired) electrons. The quantitative estimate of drug-likeness (QED) is 0.544. The number of H-pyrrole nitrogens is 1. The fraction of sp³-hybridized carbons (Fsp3) is 0.333. The molecule has 1 heterocycles. The van der Waals surface area contributed by atoms with E-state index in [0.29, 0.717) is 0 Å². The Morgan fingerprint density at radius 2 is 2.64 bits per heavy atom. The van der Waals surface area contributed by atoms with Crippen molar-refractivity contribution in [2.75, 3.05) is 0 Å². The lowest BCUT2D eigenvalue weighted by Crippen LogP contribution is -2.32. The summed E-state index contributed by atoms with van der Waals surface area (Å²) in [5.74, 6) is -1.00. The van der Waals surface area contributed by atoms with Crippen LogP contribution in [0.25, 0.3) is 0 Å². The topological polar surface area (TPSA) is 92.0 Å². The summed E-state index contributed by atoms with van der Waals surface area (Å²) < 4.78 is 0. The number of nitrogens with one attached hydrogen (secondary N) is 1. The van der Waals surface area contributed by atoms with Crippen LogP contribution < -0.4 is 5.73 Å². The van der Waals surface area contributed by atoms with Crippen LogP contribution in [0.3, 0.4) is 0 Å². The second-order valence-corrected chi connectivity index (χ2v) is 2.23. The molecular formula is C6H9N3O2. The second kappa shape index (κ2) is 3.16. The molecule has 11 heavy (non-hydrogen) atoms. The summed E-state index contributed by atoms with van der Waals surface area (Å²) >= 11 is 0. The van der Waals surface area contributed by atoms with E-state index in [-0.39, 0.29) is 6.42 Å². The van der Waals surface area contributed by atoms with Gasteiger partial charge in [-0.3, -0.25) is 4.79 Å². The molecule has 0 aromatic carbocycles. The van der Waals surface area contributed by atoms with E-state index in [4.69, 9.17) is 10.8 Å². The number of aliphatic carboxylic acids is 1. The van der Waals surface area contributed by atoms with E-state index >= 15 is 0 Å². The number of nitrogens with two attached hydrogens (primary N) is 1. The van der Waals surface area contributed by atoms with Crippen molar-refractivity contribution in [2.45, 2.75) is 12.5 Å². The molecule has 0 spiro atoms. The zero-order valence-corrected chi connectivity index (χ0v) is 5.82. The molecule has 1 aromatic heterocycles. The normalized spacial score (nSPS) is 12.8. The van der Waals surface area contributed by atoms with Gasteiger partial charge in [-0.25, -0.2) is 4.98 Å². The zero-order valence-electron chi connectivity index (χ0n) is 5.82. The number of nitrogens with zero attached hydrogens (tertiary/aromatic N) is 1. The van der Waals surface area contributed by atoms with Crippen molar-refractivity contribution in [1.29, 1.82) is 0 Å². The molecule has 0 amide bonds. The maximum Gasteiger partial charge on any atom is 0.320 e. The number of carboxylic acid groups (broad SMARTS) is 1. The van der Waals surface area contributed by atoms with Crippen molar-refractivity contribution in [3.63, 3.8) is 0 Å². The van der Waals surface area contributed by atoms with Crippen LogP contribution in [0.15, 0.2) is 12.5 Å². The van der Waals surface area contributed by atoms with Crippen molar-refractivity contribution >= 4 is 5.97 Å². The molecule has 4 N–H and O–H groups in total. The number of hydrogen-bond donors (Lipinski definition) is 3. The van der Waals surface area contributed by atoms with Crippen molar-refractivity contribution in [3.05, 3.63) is 18.2 Å². The second-order valence-electron chi connectivity index (χ2n) is 2.23. The smallest absolute Gasteiger partial charge is 0.320 e. The molecule has 0 unspecified atom stereocenters. The van der Waals surface area contributed by atoms with Crippen molar-refractivity contribution in [1.82, 2.24) is 9.97 Å². The molecule has 1 atom stereocenters. The molecule has 0 saturated carbocycles. The summed E-state index contributed by atoms with van der Waals surface area (Å²) in [6.45, 7) is 0. The Labute approximate surface area is 63.3 Å². The first-order valence-electron chi connectivity index (χ1n) is 3.16. The summed E-state index contributed by atoms with van der Waals surface area (Å²) in [7, 11) is 0. The molecule has 1 aromatic rings. The van der Waals surface area contributed by atoms with Gasteiger partial charge in [-0.2, -0.15) is 0 Å².